The van der Waals surface area contributed by atoms with Crippen LogP contribution in [0.15, 0.2) is 59.5 Å². The van der Waals surface area contributed by atoms with Gasteiger partial charge in [-0.1, -0.05) is 32.0 Å². The van der Waals surface area contributed by atoms with E-state index in [1.165, 1.54) is 4.90 Å². The van der Waals surface area contributed by atoms with Crippen LogP contribution in [0.25, 0.3) is 0 Å². The number of amides is 2. The van der Waals surface area contributed by atoms with E-state index in [0.717, 1.165) is 37.1 Å². The molecular weight excluding hydrogens is 461 g/mol. The number of nitrogens with one attached hydrogen (secondary N) is 2. The summed E-state index contributed by atoms with van der Waals surface area (Å²) < 4.78 is 46.2. The van der Waals surface area contributed by atoms with E-state index < -0.39 is 34.3 Å². The summed E-state index contributed by atoms with van der Waals surface area (Å²) in [5, 5.41) is 2.88. The van der Waals surface area contributed by atoms with Gasteiger partial charge in [-0.2, -0.15) is 0 Å². The van der Waals surface area contributed by atoms with Crippen molar-refractivity contribution in [1.29, 1.82) is 0 Å². The van der Waals surface area contributed by atoms with Gasteiger partial charge in [-0.3, -0.25) is 14.5 Å². The van der Waals surface area contributed by atoms with E-state index >= 15 is 0 Å². The number of hydrogen-bond acceptors (Lipinski definition) is 5. The van der Waals surface area contributed by atoms with E-state index in [1.807, 2.05) is 13.8 Å². The van der Waals surface area contributed by atoms with Gasteiger partial charge in [0.25, 0.3) is 0 Å². The van der Waals surface area contributed by atoms with Crippen LogP contribution < -0.4 is 14.9 Å². The highest BCUT2D eigenvalue weighted by molar-refractivity contribution is 7.89. The molecule has 2 amide bonds. The maximum absolute atomic E-state index is 13.3. The van der Waals surface area contributed by atoms with Gasteiger partial charge in [-0.05, 0) is 55.2 Å². The van der Waals surface area contributed by atoms with Gasteiger partial charge in [0, 0.05) is 18.8 Å². The van der Waals surface area contributed by atoms with Crippen molar-refractivity contribution in [3.8, 4) is 0 Å². The average Bonchev–Trinajstić information content (AvgIpc) is 3.34. The van der Waals surface area contributed by atoms with Gasteiger partial charge >= 0.3 is 0 Å². The van der Waals surface area contributed by atoms with E-state index in [4.69, 9.17) is 4.74 Å². The van der Waals surface area contributed by atoms with Crippen LogP contribution >= 0.6 is 0 Å². The number of anilines is 1. The number of rotatable bonds is 10. The number of hydrogen-bond donors (Lipinski definition) is 2. The lowest BCUT2D eigenvalue weighted by Crippen LogP contribution is -2.55. The first-order valence-corrected chi connectivity index (χ1v) is 12.7. The Hall–Kier alpha value is -2.82. The number of carbonyl (C=O) groups excluding carboxylic acids is 2. The van der Waals surface area contributed by atoms with Crippen LogP contribution in [0.3, 0.4) is 0 Å². The van der Waals surface area contributed by atoms with Gasteiger partial charge in [-0.25, -0.2) is 17.5 Å². The summed E-state index contributed by atoms with van der Waals surface area (Å²) in [5.74, 6) is -1.77. The fourth-order valence-corrected chi connectivity index (χ4v) is 4.80. The number of ether oxygens (including phenoxy) is 1. The fourth-order valence-electron chi connectivity index (χ4n) is 3.83. The van der Waals surface area contributed by atoms with Gasteiger partial charge in [0.2, 0.25) is 21.8 Å². The van der Waals surface area contributed by atoms with Crippen LogP contribution in [0.1, 0.15) is 26.7 Å². The van der Waals surface area contributed by atoms with E-state index in [0.29, 0.717) is 18.8 Å². The minimum absolute atomic E-state index is 0.0554. The number of sulfonamides is 1. The molecule has 0 aliphatic carbocycles. The van der Waals surface area contributed by atoms with Gasteiger partial charge in [0.15, 0.2) is 0 Å². The molecule has 10 heteroatoms. The highest BCUT2D eigenvalue weighted by Crippen LogP contribution is 2.22. The Labute approximate surface area is 199 Å². The minimum Gasteiger partial charge on any atom is -0.376 e. The van der Waals surface area contributed by atoms with Crippen molar-refractivity contribution >= 4 is 27.5 Å². The molecule has 8 nitrogen and oxygen atoms in total. The van der Waals surface area contributed by atoms with Crippen molar-refractivity contribution in [3.05, 3.63) is 60.4 Å². The third kappa shape index (κ3) is 6.62. The second-order valence-electron chi connectivity index (χ2n) is 8.45. The summed E-state index contributed by atoms with van der Waals surface area (Å²) in [5.41, 5.74) is 0.472. The van der Waals surface area contributed by atoms with Crippen LogP contribution in [-0.2, 0) is 24.3 Å². The SMILES string of the molecule is CC(C)[C@H](C(=O)NC[C@H]1CCCO1)N(C(=O)CNS(=O)(=O)c1ccc(F)cc1)c1ccccc1. The third-order valence-corrected chi connectivity index (χ3v) is 6.96. The Kier molecular flexibility index (Phi) is 8.76. The van der Waals surface area contributed by atoms with Gasteiger partial charge in [-0.15, -0.1) is 0 Å². The topological polar surface area (TPSA) is 105 Å². The molecule has 0 spiro atoms. The number of halogens is 1. The van der Waals surface area contributed by atoms with E-state index in [1.54, 1.807) is 30.3 Å². The highest BCUT2D eigenvalue weighted by Gasteiger charge is 2.34. The first-order chi connectivity index (χ1) is 16.2. The summed E-state index contributed by atoms with van der Waals surface area (Å²) in [6, 6.07) is 12.1. The van der Waals surface area contributed by atoms with Crippen molar-refractivity contribution in [2.75, 3.05) is 24.6 Å². The standard InChI is InChI=1S/C24H30FN3O5S/c1-17(2)23(24(30)26-15-20-9-6-14-33-20)28(19-7-4-3-5-8-19)22(29)16-27-34(31,32)21-12-10-18(25)11-13-21/h3-5,7-8,10-13,17,20,23,27H,6,9,14-16H2,1-2H3,(H,26,30)/t20-,23-/m1/s1. The quantitative estimate of drug-likeness (QED) is 0.531. The van der Waals surface area contributed by atoms with Gasteiger partial charge in [0.1, 0.15) is 11.9 Å². The predicted molar refractivity (Wildman–Crippen MR) is 126 cm³/mol. The Bertz CT molecular complexity index is 1070. The number of carbonyl (C=O) groups is 2. The predicted octanol–water partition coefficient (Wildman–Crippen LogP) is 2.46. The maximum atomic E-state index is 13.3. The number of nitrogens with zero attached hydrogens (tertiary/aromatic N) is 1. The lowest BCUT2D eigenvalue weighted by molar-refractivity contribution is -0.127. The molecule has 1 saturated heterocycles. The molecule has 0 radical (unpaired) electrons. The molecule has 1 fully saturated rings. The monoisotopic (exact) mass is 491 g/mol. The molecule has 0 saturated carbocycles. The molecule has 2 atom stereocenters. The van der Waals surface area contributed by atoms with Gasteiger partial charge in [0.05, 0.1) is 17.5 Å². The van der Waals surface area contributed by atoms with Crippen LogP contribution in [0.2, 0.25) is 0 Å². The first-order valence-electron chi connectivity index (χ1n) is 11.2. The molecule has 1 aliphatic rings. The lowest BCUT2D eigenvalue weighted by atomic mass is 10.00. The number of benzene rings is 2. The Morgan fingerprint density at radius 1 is 1.12 bits per heavy atom. The Morgan fingerprint density at radius 2 is 1.79 bits per heavy atom. The van der Waals surface area contributed by atoms with Crippen molar-refractivity contribution in [1.82, 2.24) is 10.0 Å². The van der Waals surface area contributed by atoms with Crippen molar-refractivity contribution < 1.29 is 27.1 Å². The maximum Gasteiger partial charge on any atom is 0.243 e. The third-order valence-electron chi connectivity index (χ3n) is 5.55. The van der Waals surface area contributed by atoms with Crippen molar-refractivity contribution in [2.45, 2.75) is 43.7 Å². The van der Waals surface area contributed by atoms with E-state index in [-0.39, 0.29) is 22.8 Å². The van der Waals surface area contributed by atoms with Crippen molar-refractivity contribution in [3.63, 3.8) is 0 Å². The summed E-state index contributed by atoms with van der Waals surface area (Å²) >= 11 is 0. The molecule has 2 N–H and O–H groups in total. The summed E-state index contributed by atoms with van der Waals surface area (Å²) in [4.78, 5) is 27.7. The smallest absolute Gasteiger partial charge is 0.243 e. The Balaban J connectivity index is 1.80. The molecule has 34 heavy (non-hydrogen) atoms. The van der Waals surface area contributed by atoms with E-state index in [2.05, 4.69) is 10.0 Å². The molecule has 3 rings (SSSR count). The fraction of sp³-hybridized carbons (Fsp3) is 0.417. The van der Waals surface area contributed by atoms with Crippen LogP contribution in [0.4, 0.5) is 10.1 Å². The van der Waals surface area contributed by atoms with Crippen LogP contribution in [0.5, 0.6) is 0 Å². The van der Waals surface area contributed by atoms with Crippen molar-refractivity contribution in [2.24, 2.45) is 5.92 Å². The zero-order valence-electron chi connectivity index (χ0n) is 19.2. The first kappa shape index (κ1) is 25.8. The summed E-state index contributed by atoms with van der Waals surface area (Å²) in [6.45, 7) is 4.08. The molecule has 0 aromatic heterocycles. The molecule has 2 aromatic rings. The Morgan fingerprint density at radius 3 is 2.38 bits per heavy atom. The summed E-state index contributed by atoms with van der Waals surface area (Å²) in [7, 11) is -4.06. The molecule has 0 bridgehead atoms. The average molecular weight is 492 g/mol. The largest absolute Gasteiger partial charge is 0.376 e. The number of para-hydroxylation sites is 1. The second kappa shape index (κ2) is 11.5. The van der Waals surface area contributed by atoms with Gasteiger partial charge < -0.3 is 10.1 Å². The molecule has 1 aliphatic heterocycles. The molecule has 184 valence electrons. The molecular formula is C24H30FN3O5S. The zero-order valence-corrected chi connectivity index (χ0v) is 20.1. The molecule has 0 unspecified atom stereocenters. The van der Waals surface area contributed by atoms with Crippen LogP contribution in [0, 0.1) is 11.7 Å². The molecule has 2 aromatic carbocycles. The van der Waals surface area contributed by atoms with Crippen LogP contribution in [-0.4, -0.2) is 52.1 Å². The summed E-state index contributed by atoms with van der Waals surface area (Å²) in [6.07, 6.45) is 1.75. The normalized spacial score (nSPS) is 16.9. The van der Waals surface area contributed by atoms with E-state index in [9.17, 15) is 22.4 Å². The minimum atomic E-state index is -4.06. The lowest BCUT2D eigenvalue weighted by Gasteiger charge is -2.34. The highest BCUT2D eigenvalue weighted by atomic mass is 32.2. The second-order valence-corrected chi connectivity index (χ2v) is 10.2. The zero-order chi connectivity index (χ0) is 24.7. The molecule has 1 heterocycles.